The maximum atomic E-state index is 5.57. The Hall–Kier alpha value is -0.340. The summed E-state index contributed by atoms with van der Waals surface area (Å²) in [7, 11) is 0. The van der Waals surface area contributed by atoms with Crippen molar-refractivity contribution >= 4 is 0 Å². The van der Waals surface area contributed by atoms with Gasteiger partial charge in [-0.15, -0.1) is 0 Å². The lowest BCUT2D eigenvalue weighted by Gasteiger charge is -2.06. The van der Waals surface area contributed by atoms with E-state index in [0.29, 0.717) is 6.10 Å². The van der Waals surface area contributed by atoms with E-state index in [2.05, 4.69) is 11.4 Å². The van der Waals surface area contributed by atoms with Crippen molar-refractivity contribution in [2.75, 3.05) is 19.7 Å². The smallest absolute Gasteiger partial charge is 0.0579 e. The molecular formula is C11H19NO. The first-order valence-electron chi connectivity index (χ1n) is 5.45. The summed E-state index contributed by atoms with van der Waals surface area (Å²) in [5.41, 5.74) is 1.60. The minimum atomic E-state index is 0.561. The van der Waals surface area contributed by atoms with Crippen LogP contribution in [-0.2, 0) is 4.74 Å². The Morgan fingerprint density at radius 2 is 2.54 bits per heavy atom. The molecule has 2 aliphatic rings. The summed E-state index contributed by atoms with van der Waals surface area (Å²) in [5.74, 6) is 0. The third kappa shape index (κ3) is 2.82. The van der Waals surface area contributed by atoms with Crippen molar-refractivity contribution in [3.8, 4) is 0 Å². The standard InChI is InChI=1S/C11H19NO/c1(3-10-6-7-12-9-10)4-11-5-2-8-13-11/h3,11-12H,1-2,4-9H2. The van der Waals surface area contributed by atoms with Crippen LogP contribution in [0.2, 0.25) is 0 Å². The molecule has 74 valence electrons. The first-order valence-corrected chi connectivity index (χ1v) is 5.45. The first-order chi connectivity index (χ1) is 6.45. The Morgan fingerprint density at radius 1 is 1.54 bits per heavy atom. The highest BCUT2D eigenvalue weighted by Crippen LogP contribution is 2.18. The Bertz CT molecular complexity index is 175. The molecule has 2 rings (SSSR count). The number of rotatable bonds is 3. The molecule has 0 aromatic heterocycles. The molecule has 2 heterocycles. The van der Waals surface area contributed by atoms with E-state index in [1.807, 2.05) is 0 Å². The maximum Gasteiger partial charge on any atom is 0.0579 e. The normalized spacial score (nSPS) is 31.7. The molecule has 0 aliphatic carbocycles. The first kappa shape index (κ1) is 9.22. The Morgan fingerprint density at radius 3 is 3.23 bits per heavy atom. The van der Waals surface area contributed by atoms with Crippen LogP contribution in [-0.4, -0.2) is 25.8 Å². The monoisotopic (exact) mass is 181 g/mol. The van der Waals surface area contributed by atoms with Crippen LogP contribution in [0.25, 0.3) is 0 Å². The average Bonchev–Trinajstić information content (AvgIpc) is 2.75. The second-order valence-electron chi connectivity index (χ2n) is 4.00. The van der Waals surface area contributed by atoms with Gasteiger partial charge < -0.3 is 10.1 Å². The highest BCUT2D eigenvalue weighted by Gasteiger charge is 2.14. The van der Waals surface area contributed by atoms with Crippen molar-refractivity contribution in [3.05, 3.63) is 11.6 Å². The molecule has 2 saturated heterocycles. The van der Waals surface area contributed by atoms with Crippen LogP contribution in [0.5, 0.6) is 0 Å². The van der Waals surface area contributed by atoms with Gasteiger partial charge in [0.2, 0.25) is 0 Å². The van der Waals surface area contributed by atoms with Gasteiger partial charge in [0.15, 0.2) is 0 Å². The molecule has 1 atom stereocenters. The third-order valence-electron chi connectivity index (χ3n) is 2.92. The highest BCUT2D eigenvalue weighted by atomic mass is 16.5. The fourth-order valence-electron chi connectivity index (χ4n) is 2.11. The highest BCUT2D eigenvalue weighted by molar-refractivity contribution is 5.08. The minimum absolute atomic E-state index is 0.561. The Labute approximate surface area is 80.4 Å². The van der Waals surface area contributed by atoms with Gasteiger partial charge in [0.25, 0.3) is 0 Å². The lowest BCUT2D eigenvalue weighted by atomic mass is 10.1. The van der Waals surface area contributed by atoms with E-state index in [-0.39, 0.29) is 0 Å². The molecule has 0 spiro atoms. The van der Waals surface area contributed by atoms with Gasteiger partial charge in [0.1, 0.15) is 0 Å². The van der Waals surface area contributed by atoms with Crippen molar-refractivity contribution in [2.24, 2.45) is 0 Å². The topological polar surface area (TPSA) is 21.3 Å². The molecule has 2 fully saturated rings. The molecule has 2 aliphatic heterocycles. The van der Waals surface area contributed by atoms with Crippen molar-refractivity contribution < 1.29 is 4.74 Å². The zero-order chi connectivity index (χ0) is 8.93. The van der Waals surface area contributed by atoms with E-state index in [1.54, 1.807) is 5.57 Å². The van der Waals surface area contributed by atoms with Gasteiger partial charge in [0, 0.05) is 13.2 Å². The van der Waals surface area contributed by atoms with Crippen molar-refractivity contribution in [1.82, 2.24) is 5.32 Å². The van der Waals surface area contributed by atoms with Crippen LogP contribution in [0.15, 0.2) is 11.6 Å². The van der Waals surface area contributed by atoms with E-state index >= 15 is 0 Å². The summed E-state index contributed by atoms with van der Waals surface area (Å²) in [6.45, 7) is 3.28. The summed E-state index contributed by atoms with van der Waals surface area (Å²) in [6, 6.07) is 0. The lowest BCUT2D eigenvalue weighted by Crippen LogP contribution is -2.05. The predicted molar refractivity (Wildman–Crippen MR) is 53.8 cm³/mol. The second kappa shape index (κ2) is 4.77. The van der Waals surface area contributed by atoms with Gasteiger partial charge in [-0.2, -0.15) is 0 Å². The number of hydrogen-bond donors (Lipinski definition) is 1. The minimum Gasteiger partial charge on any atom is -0.378 e. The van der Waals surface area contributed by atoms with Crippen molar-refractivity contribution in [2.45, 2.75) is 38.2 Å². The molecular weight excluding hydrogens is 162 g/mol. The van der Waals surface area contributed by atoms with Crippen LogP contribution < -0.4 is 5.32 Å². The summed E-state index contributed by atoms with van der Waals surface area (Å²) < 4.78 is 5.57. The molecule has 2 nitrogen and oxygen atoms in total. The molecule has 1 unspecified atom stereocenters. The summed E-state index contributed by atoms with van der Waals surface area (Å²) >= 11 is 0. The third-order valence-corrected chi connectivity index (χ3v) is 2.92. The zero-order valence-electron chi connectivity index (χ0n) is 8.22. The van der Waals surface area contributed by atoms with E-state index < -0.39 is 0 Å². The number of allylic oxidation sites excluding steroid dienone is 1. The largest absolute Gasteiger partial charge is 0.378 e. The van der Waals surface area contributed by atoms with Gasteiger partial charge in [-0.1, -0.05) is 11.6 Å². The van der Waals surface area contributed by atoms with Gasteiger partial charge >= 0.3 is 0 Å². The fourth-order valence-corrected chi connectivity index (χ4v) is 2.11. The van der Waals surface area contributed by atoms with Crippen LogP contribution in [0.3, 0.4) is 0 Å². The average molecular weight is 181 g/mol. The number of hydrogen-bond acceptors (Lipinski definition) is 2. The molecule has 0 aromatic rings. The fraction of sp³-hybridized carbons (Fsp3) is 0.818. The lowest BCUT2D eigenvalue weighted by molar-refractivity contribution is 0.105. The molecule has 1 N–H and O–H groups in total. The maximum absolute atomic E-state index is 5.57. The van der Waals surface area contributed by atoms with Crippen LogP contribution in [0, 0.1) is 0 Å². The zero-order valence-corrected chi connectivity index (χ0v) is 8.22. The summed E-state index contributed by atoms with van der Waals surface area (Å²) in [6.07, 6.45) is 9.20. The summed E-state index contributed by atoms with van der Waals surface area (Å²) in [4.78, 5) is 0. The molecule has 13 heavy (non-hydrogen) atoms. The quantitative estimate of drug-likeness (QED) is 0.671. The van der Waals surface area contributed by atoms with Gasteiger partial charge in [-0.25, -0.2) is 0 Å². The van der Waals surface area contributed by atoms with Crippen molar-refractivity contribution in [1.29, 1.82) is 0 Å². The predicted octanol–water partition coefficient (Wildman–Crippen LogP) is 1.87. The number of ether oxygens (including phenoxy) is 1. The van der Waals surface area contributed by atoms with E-state index in [1.165, 1.54) is 38.6 Å². The second-order valence-corrected chi connectivity index (χ2v) is 4.00. The molecule has 0 radical (unpaired) electrons. The molecule has 0 aromatic carbocycles. The van der Waals surface area contributed by atoms with Crippen LogP contribution in [0.1, 0.15) is 32.1 Å². The van der Waals surface area contributed by atoms with E-state index in [4.69, 9.17) is 4.74 Å². The van der Waals surface area contributed by atoms with E-state index in [9.17, 15) is 0 Å². The SMILES string of the molecule is C(CCC1CCCO1)=C1CCNC1. The summed E-state index contributed by atoms with van der Waals surface area (Å²) in [5, 5.41) is 3.35. The van der Waals surface area contributed by atoms with Gasteiger partial charge in [-0.05, 0) is 38.6 Å². The van der Waals surface area contributed by atoms with Crippen molar-refractivity contribution in [3.63, 3.8) is 0 Å². The molecule has 0 saturated carbocycles. The van der Waals surface area contributed by atoms with Crippen LogP contribution >= 0.6 is 0 Å². The molecule has 0 amide bonds. The van der Waals surface area contributed by atoms with Gasteiger partial charge in [0.05, 0.1) is 6.10 Å². The number of nitrogens with one attached hydrogen (secondary N) is 1. The Balaban J connectivity index is 1.64. The molecule has 2 heteroatoms. The van der Waals surface area contributed by atoms with Crippen LogP contribution in [0.4, 0.5) is 0 Å². The Kier molecular flexibility index (Phi) is 3.39. The van der Waals surface area contributed by atoms with E-state index in [0.717, 1.165) is 13.2 Å². The van der Waals surface area contributed by atoms with Gasteiger partial charge in [-0.3, -0.25) is 0 Å². The molecule has 0 bridgehead atoms.